The van der Waals surface area contributed by atoms with Gasteiger partial charge in [0, 0.05) is 28.9 Å². The van der Waals surface area contributed by atoms with Crippen molar-refractivity contribution in [3.8, 4) is 0 Å². The number of nitrogens with one attached hydrogen (secondary N) is 3. The van der Waals surface area contributed by atoms with E-state index < -0.39 is 36.9 Å². The van der Waals surface area contributed by atoms with Crippen LogP contribution in [0.1, 0.15) is 46.5 Å². The van der Waals surface area contributed by atoms with Gasteiger partial charge in [-0.3, -0.25) is 10.1 Å². The SMILES string of the molecule is O=C(Nc1nc(C(=O)O)c(S(=O)(=O)c2ncc[nH]2)s1)Nc1ccc(Cl)cc1C(=O)C1CCCC1. The summed E-state index contributed by atoms with van der Waals surface area (Å²) >= 11 is 6.53. The van der Waals surface area contributed by atoms with Crippen molar-refractivity contribution < 1.29 is 27.9 Å². The van der Waals surface area contributed by atoms with Crippen LogP contribution in [-0.2, 0) is 9.84 Å². The van der Waals surface area contributed by atoms with E-state index in [0.29, 0.717) is 16.4 Å². The predicted molar refractivity (Wildman–Crippen MR) is 123 cm³/mol. The third-order valence-corrected chi connectivity index (χ3v) is 8.53. The lowest BCUT2D eigenvalue weighted by atomic mass is 9.95. The largest absolute Gasteiger partial charge is 0.476 e. The number of imidazole rings is 1. The summed E-state index contributed by atoms with van der Waals surface area (Å²) in [6.07, 6.45) is 5.93. The number of thiazole rings is 1. The molecule has 0 bridgehead atoms. The monoisotopic (exact) mass is 523 g/mol. The Hall–Kier alpha value is -3.29. The van der Waals surface area contributed by atoms with Gasteiger partial charge in [0.25, 0.3) is 9.84 Å². The van der Waals surface area contributed by atoms with Crippen LogP contribution in [0.2, 0.25) is 5.02 Å². The molecule has 0 saturated heterocycles. The molecule has 0 radical (unpaired) electrons. The molecule has 1 saturated carbocycles. The molecule has 0 spiro atoms. The standard InChI is InChI=1S/C20H18ClN5O6S2/c21-11-5-6-13(12(9-11)15(27)10-3-1-2-4-10)24-18(30)26-19-25-14(16(28)29)17(33-19)34(31,32)20-22-7-8-23-20/h5-10H,1-4H2,(H,22,23)(H,28,29)(H2,24,25,26,30). The van der Waals surface area contributed by atoms with Crippen molar-refractivity contribution in [2.45, 2.75) is 35.0 Å². The Labute approximate surface area is 202 Å². The second-order valence-corrected chi connectivity index (χ2v) is 11.0. The van der Waals surface area contributed by atoms with Gasteiger partial charge in [0.2, 0.25) is 5.16 Å². The van der Waals surface area contributed by atoms with Gasteiger partial charge in [-0.1, -0.05) is 35.8 Å². The number of anilines is 2. The number of Topliss-reactive ketones (excluding diaryl/α,β-unsaturated/α-hetero) is 1. The number of hydrogen-bond acceptors (Lipinski definition) is 8. The van der Waals surface area contributed by atoms with Gasteiger partial charge >= 0.3 is 12.0 Å². The Bertz CT molecular complexity index is 1360. The highest BCUT2D eigenvalue weighted by atomic mass is 35.5. The summed E-state index contributed by atoms with van der Waals surface area (Å²) in [7, 11) is -4.30. The third kappa shape index (κ3) is 4.81. The Balaban J connectivity index is 1.58. The number of carbonyl (C=O) groups excluding carboxylic acids is 2. The maximum Gasteiger partial charge on any atom is 0.356 e. The molecule has 11 nitrogen and oxygen atoms in total. The molecule has 3 aromatic rings. The fourth-order valence-corrected chi connectivity index (χ4v) is 6.41. The second kappa shape index (κ2) is 9.52. The van der Waals surface area contributed by atoms with Crippen molar-refractivity contribution in [2.24, 2.45) is 5.92 Å². The number of amides is 2. The summed E-state index contributed by atoms with van der Waals surface area (Å²) in [5.41, 5.74) is -0.265. The van der Waals surface area contributed by atoms with E-state index in [4.69, 9.17) is 11.6 Å². The molecule has 34 heavy (non-hydrogen) atoms. The van der Waals surface area contributed by atoms with Crippen LogP contribution < -0.4 is 10.6 Å². The van der Waals surface area contributed by atoms with E-state index in [1.807, 2.05) is 0 Å². The lowest BCUT2D eigenvalue weighted by molar-refractivity contribution is 0.0687. The average molecular weight is 524 g/mol. The van der Waals surface area contributed by atoms with Crippen molar-refractivity contribution in [3.05, 3.63) is 46.9 Å². The molecule has 0 unspecified atom stereocenters. The number of nitrogens with zero attached hydrogens (tertiary/aromatic N) is 2. The summed E-state index contributed by atoms with van der Waals surface area (Å²) < 4.78 is 24.9. The molecular weight excluding hydrogens is 506 g/mol. The van der Waals surface area contributed by atoms with Crippen LogP contribution in [0.5, 0.6) is 0 Å². The zero-order chi connectivity index (χ0) is 24.5. The van der Waals surface area contributed by atoms with Crippen molar-refractivity contribution >= 4 is 61.4 Å². The number of halogens is 1. The van der Waals surface area contributed by atoms with Crippen LogP contribution >= 0.6 is 22.9 Å². The van der Waals surface area contributed by atoms with E-state index in [1.165, 1.54) is 30.6 Å². The molecule has 1 aliphatic carbocycles. The minimum Gasteiger partial charge on any atom is -0.476 e. The normalized spacial score (nSPS) is 14.1. The van der Waals surface area contributed by atoms with Crippen LogP contribution in [0.15, 0.2) is 40.0 Å². The summed E-state index contributed by atoms with van der Waals surface area (Å²) in [5, 5.41) is 13.9. The summed E-state index contributed by atoms with van der Waals surface area (Å²) in [5.74, 6) is -1.85. The molecule has 0 atom stereocenters. The number of H-pyrrole nitrogens is 1. The van der Waals surface area contributed by atoms with E-state index in [1.54, 1.807) is 0 Å². The maximum atomic E-state index is 12.9. The van der Waals surface area contributed by atoms with Gasteiger partial charge in [-0.15, -0.1) is 0 Å². The molecule has 2 heterocycles. The summed E-state index contributed by atoms with van der Waals surface area (Å²) in [6.45, 7) is 0. The zero-order valence-electron chi connectivity index (χ0n) is 17.4. The fourth-order valence-electron chi connectivity index (χ4n) is 3.65. The smallest absolute Gasteiger partial charge is 0.356 e. The number of hydrogen-bond donors (Lipinski definition) is 4. The molecule has 0 aliphatic heterocycles. The number of sulfone groups is 1. The van der Waals surface area contributed by atoms with Gasteiger partial charge in [-0.25, -0.2) is 28.0 Å². The minimum absolute atomic E-state index is 0.121. The molecule has 1 aliphatic rings. The lowest BCUT2D eigenvalue weighted by Crippen LogP contribution is -2.22. The quantitative estimate of drug-likeness (QED) is 0.335. The van der Waals surface area contributed by atoms with Crippen LogP contribution in [0.25, 0.3) is 0 Å². The first-order chi connectivity index (χ1) is 16.2. The highest BCUT2D eigenvalue weighted by Gasteiger charge is 2.32. The third-order valence-electron chi connectivity index (χ3n) is 5.21. The van der Waals surface area contributed by atoms with Crippen LogP contribution in [-0.4, -0.2) is 46.3 Å². The number of aromatic nitrogens is 3. The molecule has 1 aromatic carbocycles. The van der Waals surface area contributed by atoms with Crippen molar-refractivity contribution in [1.82, 2.24) is 15.0 Å². The van der Waals surface area contributed by atoms with E-state index in [-0.39, 0.29) is 28.1 Å². The summed E-state index contributed by atoms with van der Waals surface area (Å²) in [4.78, 5) is 46.9. The topological polar surface area (TPSA) is 171 Å². The molecule has 2 aromatic heterocycles. The van der Waals surface area contributed by atoms with Crippen molar-refractivity contribution in [1.29, 1.82) is 0 Å². The molecule has 2 amide bonds. The first-order valence-electron chi connectivity index (χ1n) is 10.1. The van der Waals surface area contributed by atoms with Gasteiger partial charge in [0.1, 0.15) is 0 Å². The Kier molecular flexibility index (Phi) is 6.68. The van der Waals surface area contributed by atoms with Crippen LogP contribution in [0.4, 0.5) is 15.6 Å². The number of aromatic carboxylic acids is 1. The second-order valence-electron chi connectivity index (χ2n) is 7.47. The van der Waals surface area contributed by atoms with E-state index in [9.17, 15) is 27.9 Å². The number of carboxylic acid groups (broad SMARTS) is 1. The molecule has 4 N–H and O–H groups in total. The Morgan fingerprint density at radius 1 is 1.18 bits per heavy atom. The van der Waals surface area contributed by atoms with Gasteiger partial charge in [0.05, 0.1) is 5.69 Å². The molecule has 4 rings (SSSR count). The number of carbonyl (C=O) groups is 3. The Morgan fingerprint density at radius 3 is 2.56 bits per heavy atom. The van der Waals surface area contributed by atoms with Gasteiger partial charge in [0.15, 0.2) is 20.8 Å². The molecule has 178 valence electrons. The number of benzene rings is 1. The van der Waals surface area contributed by atoms with E-state index >= 15 is 0 Å². The Morgan fingerprint density at radius 2 is 1.91 bits per heavy atom. The predicted octanol–water partition coefficient (Wildman–Crippen LogP) is 4.07. The first kappa shape index (κ1) is 23.9. The fraction of sp³-hybridized carbons (Fsp3) is 0.250. The molecular formula is C20H18ClN5O6S2. The highest BCUT2D eigenvalue weighted by molar-refractivity contribution is 7.93. The first-order valence-corrected chi connectivity index (χ1v) is 12.7. The number of rotatable bonds is 7. The van der Waals surface area contributed by atoms with Crippen molar-refractivity contribution in [3.63, 3.8) is 0 Å². The number of urea groups is 1. The molecule has 1 fully saturated rings. The molecule has 14 heteroatoms. The van der Waals surface area contributed by atoms with E-state index in [0.717, 1.165) is 25.7 Å². The van der Waals surface area contributed by atoms with Crippen LogP contribution in [0.3, 0.4) is 0 Å². The highest BCUT2D eigenvalue weighted by Crippen LogP contribution is 2.33. The lowest BCUT2D eigenvalue weighted by Gasteiger charge is -2.14. The summed E-state index contributed by atoms with van der Waals surface area (Å²) in [6, 6.07) is 3.65. The van der Waals surface area contributed by atoms with Gasteiger partial charge < -0.3 is 15.4 Å². The van der Waals surface area contributed by atoms with Crippen LogP contribution in [0, 0.1) is 5.92 Å². The number of aromatic amines is 1. The minimum atomic E-state index is -4.30. The average Bonchev–Trinajstić information content (AvgIpc) is 3.55. The van der Waals surface area contributed by atoms with Crippen molar-refractivity contribution in [2.75, 3.05) is 10.6 Å². The maximum absolute atomic E-state index is 12.9. The number of carboxylic acids is 1. The van der Waals surface area contributed by atoms with Gasteiger partial charge in [-0.2, -0.15) is 0 Å². The van der Waals surface area contributed by atoms with E-state index in [2.05, 4.69) is 25.6 Å². The zero-order valence-corrected chi connectivity index (χ0v) is 19.8. The van der Waals surface area contributed by atoms with Gasteiger partial charge in [-0.05, 0) is 31.0 Å². The number of ketones is 1.